The highest BCUT2D eigenvalue weighted by Crippen LogP contribution is 2.22. The Labute approximate surface area is 145 Å². The summed E-state index contributed by atoms with van der Waals surface area (Å²) in [6.07, 6.45) is 9.02. The molecule has 1 amide bonds. The molecule has 0 radical (unpaired) electrons. The minimum absolute atomic E-state index is 0.0152. The highest BCUT2D eigenvalue weighted by Gasteiger charge is 2.27. The fourth-order valence-electron chi connectivity index (χ4n) is 3.78. The van der Waals surface area contributed by atoms with Crippen molar-refractivity contribution in [1.29, 1.82) is 0 Å². The molecule has 0 bridgehead atoms. The van der Waals surface area contributed by atoms with Gasteiger partial charge < -0.3 is 15.2 Å². The van der Waals surface area contributed by atoms with E-state index in [0.717, 1.165) is 56.3 Å². The van der Waals surface area contributed by atoms with Gasteiger partial charge >= 0.3 is 0 Å². The zero-order chi connectivity index (χ0) is 17.2. The summed E-state index contributed by atoms with van der Waals surface area (Å²) in [5, 5.41) is 10.3. The average molecular weight is 342 g/mol. The van der Waals surface area contributed by atoms with Crippen molar-refractivity contribution < 1.29 is 4.79 Å². The summed E-state index contributed by atoms with van der Waals surface area (Å²) >= 11 is 0. The highest BCUT2D eigenvalue weighted by molar-refractivity contribution is 5.94. The van der Waals surface area contributed by atoms with Gasteiger partial charge in [0.2, 0.25) is 0 Å². The van der Waals surface area contributed by atoms with E-state index in [0.29, 0.717) is 18.1 Å². The minimum atomic E-state index is -0.198. The Morgan fingerprint density at radius 1 is 1.28 bits per heavy atom. The molecular formula is C17H22N6O2. The topological polar surface area (TPSA) is 107 Å². The van der Waals surface area contributed by atoms with Gasteiger partial charge in [-0.3, -0.25) is 14.7 Å². The summed E-state index contributed by atoms with van der Waals surface area (Å²) in [4.78, 5) is 33.4. The number of H-pyrrole nitrogens is 2. The number of aryl methyl sites for hydroxylation is 1. The van der Waals surface area contributed by atoms with E-state index in [1.165, 1.54) is 6.20 Å². The number of fused-ring (bicyclic) bond motifs is 1. The van der Waals surface area contributed by atoms with Crippen molar-refractivity contribution in [3.05, 3.63) is 39.7 Å². The summed E-state index contributed by atoms with van der Waals surface area (Å²) in [6, 6.07) is -0.0152. The second kappa shape index (κ2) is 6.70. The molecule has 4 rings (SSSR count). The van der Waals surface area contributed by atoms with Crippen LogP contribution in [0, 0.1) is 0 Å². The molecule has 2 aromatic rings. The van der Waals surface area contributed by atoms with Gasteiger partial charge in [-0.25, -0.2) is 4.98 Å². The van der Waals surface area contributed by atoms with Crippen LogP contribution >= 0.6 is 0 Å². The monoisotopic (exact) mass is 342 g/mol. The Morgan fingerprint density at radius 2 is 2.16 bits per heavy atom. The lowest BCUT2D eigenvalue weighted by molar-refractivity contribution is 0.0927. The van der Waals surface area contributed by atoms with Crippen LogP contribution in [0.3, 0.4) is 0 Å². The Morgan fingerprint density at radius 3 is 3.04 bits per heavy atom. The maximum absolute atomic E-state index is 12.7. The zero-order valence-corrected chi connectivity index (χ0v) is 14.0. The molecule has 0 aromatic carbocycles. The Bertz CT molecular complexity index is 827. The normalized spacial score (nSPS) is 20.2. The van der Waals surface area contributed by atoms with E-state index in [1.54, 1.807) is 6.20 Å². The molecule has 8 nitrogen and oxygen atoms in total. The molecule has 1 aliphatic heterocycles. The van der Waals surface area contributed by atoms with Crippen LogP contribution in [0.5, 0.6) is 0 Å². The first kappa shape index (κ1) is 15.9. The van der Waals surface area contributed by atoms with Gasteiger partial charge in [0.05, 0.1) is 0 Å². The number of hydrogen-bond acceptors (Lipinski definition) is 5. The summed E-state index contributed by atoms with van der Waals surface area (Å²) in [5.74, 6) is 0.291. The Kier molecular flexibility index (Phi) is 4.25. The SMILES string of the molecule is O=C(NC1CCCN(c2ncc[nH]c2=O)C1)c1n[nH]c2c1CCCC2. The van der Waals surface area contributed by atoms with Crippen LogP contribution in [0.4, 0.5) is 5.82 Å². The molecule has 1 fully saturated rings. The van der Waals surface area contributed by atoms with E-state index in [4.69, 9.17) is 0 Å². The summed E-state index contributed by atoms with van der Waals surface area (Å²) in [6.45, 7) is 1.35. The largest absolute Gasteiger partial charge is 0.350 e. The predicted octanol–water partition coefficient (Wildman–Crippen LogP) is 0.771. The lowest BCUT2D eigenvalue weighted by atomic mass is 9.95. The molecule has 3 N–H and O–H groups in total. The van der Waals surface area contributed by atoms with Gasteiger partial charge in [-0.15, -0.1) is 0 Å². The summed E-state index contributed by atoms with van der Waals surface area (Å²) in [7, 11) is 0. The Hall–Kier alpha value is -2.64. The van der Waals surface area contributed by atoms with Gasteiger partial charge in [0, 0.05) is 42.8 Å². The lowest BCUT2D eigenvalue weighted by Crippen LogP contribution is -2.49. The van der Waals surface area contributed by atoms with Crippen LogP contribution in [-0.2, 0) is 12.8 Å². The number of carbonyl (C=O) groups is 1. The van der Waals surface area contributed by atoms with Crippen LogP contribution < -0.4 is 15.8 Å². The maximum atomic E-state index is 12.7. The molecule has 0 saturated carbocycles. The molecule has 3 heterocycles. The number of carbonyl (C=O) groups excluding carboxylic acids is 1. The number of nitrogens with zero attached hydrogens (tertiary/aromatic N) is 3. The number of piperidine rings is 1. The van der Waals surface area contributed by atoms with Crippen molar-refractivity contribution in [1.82, 2.24) is 25.5 Å². The molecule has 2 aromatic heterocycles. The van der Waals surface area contributed by atoms with E-state index >= 15 is 0 Å². The number of nitrogens with one attached hydrogen (secondary N) is 3. The molecule has 132 valence electrons. The van der Waals surface area contributed by atoms with E-state index in [1.807, 2.05) is 4.90 Å². The molecular weight excluding hydrogens is 320 g/mol. The fraction of sp³-hybridized carbons (Fsp3) is 0.529. The van der Waals surface area contributed by atoms with Crippen molar-refractivity contribution in [2.45, 2.75) is 44.6 Å². The first-order valence-electron chi connectivity index (χ1n) is 8.88. The number of rotatable bonds is 3. The molecule has 1 saturated heterocycles. The molecule has 2 aliphatic rings. The predicted molar refractivity (Wildman–Crippen MR) is 92.8 cm³/mol. The van der Waals surface area contributed by atoms with Gasteiger partial charge in [-0.1, -0.05) is 0 Å². The van der Waals surface area contributed by atoms with Gasteiger partial charge in [-0.2, -0.15) is 5.10 Å². The third-order valence-corrected chi connectivity index (χ3v) is 5.02. The van der Waals surface area contributed by atoms with Gasteiger partial charge in [-0.05, 0) is 38.5 Å². The van der Waals surface area contributed by atoms with Crippen LogP contribution in [0.25, 0.3) is 0 Å². The molecule has 0 spiro atoms. The second-order valence-corrected chi connectivity index (χ2v) is 6.74. The van der Waals surface area contributed by atoms with E-state index in [2.05, 4.69) is 25.5 Å². The van der Waals surface area contributed by atoms with Gasteiger partial charge in [0.1, 0.15) is 0 Å². The summed E-state index contributed by atoms with van der Waals surface area (Å²) in [5.41, 5.74) is 2.50. The average Bonchev–Trinajstić information content (AvgIpc) is 3.06. The van der Waals surface area contributed by atoms with Crippen molar-refractivity contribution >= 4 is 11.7 Å². The standard InChI is InChI=1S/C17H22N6O2/c24-16(14-12-5-1-2-6-13(12)21-22-14)20-11-4-3-9-23(10-11)15-17(25)19-8-7-18-15/h7-8,11H,1-6,9-10H2,(H,19,25)(H,20,24)(H,21,22). The van der Waals surface area contributed by atoms with E-state index < -0.39 is 0 Å². The Balaban J connectivity index is 1.46. The first-order valence-corrected chi connectivity index (χ1v) is 8.88. The molecule has 8 heteroatoms. The van der Waals surface area contributed by atoms with Crippen molar-refractivity contribution in [3.63, 3.8) is 0 Å². The van der Waals surface area contributed by atoms with Crippen LogP contribution in [0.15, 0.2) is 17.2 Å². The van der Waals surface area contributed by atoms with Crippen molar-refractivity contribution in [3.8, 4) is 0 Å². The maximum Gasteiger partial charge on any atom is 0.290 e. The molecule has 1 atom stereocenters. The van der Waals surface area contributed by atoms with Crippen LogP contribution in [-0.4, -0.2) is 45.2 Å². The smallest absolute Gasteiger partial charge is 0.290 e. The number of hydrogen-bond donors (Lipinski definition) is 3. The number of anilines is 1. The van der Waals surface area contributed by atoms with Crippen molar-refractivity contribution in [2.24, 2.45) is 0 Å². The number of aromatic nitrogens is 4. The third-order valence-electron chi connectivity index (χ3n) is 5.02. The lowest BCUT2D eigenvalue weighted by Gasteiger charge is -2.33. The summed E-state index contributed by atoms with van der Waals surface area (Å²) < 4.78 is 0. The van der Waals surface area contributed by atoms with Gasteiger partial charge in [0.25, 0.3) is 11.5 Å². The first-order chi connectivity index (χ1) is 12.2. The van der Waals surface area contributed by atoms with Crippen LogP contribution in [0.1, 0.15) is 47.4 Å². The van der Waals surface area contributed by atoms with Gasteiger partial charge in [0.15, 0.2) is 11.5 Å². The van der Waals surface area contributed by atoms with Crippen molar-refractivity contribution in [2.75, 3.05) is 18.0 Å². The molecule has 1 unspecified atom stereocenters. The van der Waals surface area contributed by atoms with E-state index in [-0.39, 0.29) is 17.5 Å². The highest BCUT2D eigenvalue weighted by atomic mass is 16.2. The fourth-order valence-corrected chi connectivity index (χ4v) is 3.78. The second-order valence-electron chi connectivity index (χ2n) is 6.74. The van der Waals surface area contributed by atoms with E-state index in [9.17, 15) is 9.59 Å². The number of aromatic amines is 2. The quantitative estimate of drug-likeness (QED) is 0.764. The minimum Gasteiger partial charge on any atom is -0.350 e. The number of amides is 1. The zero-order valence-electron chi connectivity index (χ0n) is 14.0. The third kappa shape index (κ3) is 3.16. The molecule has 25 heavy (non-hydrogen) atoms. The van der Waals surface area contributed by atoms with Crippen LogP contribution in [0.2, 0.25) is 0 Å². The molecule has 1 aliphatic carbocycles.